The first kappa shape index (κ1) is 14.0. The predicted molar refractivity (Wildman–Crippen MR) is 63.5 cm³/mol. The molecule has 18 heavy (non-hydrogen) atoms. The molecular formula is C11H9ClFNO4. The smallest absolute Gasteiger partial charge is 0.411 e. The van der Waals surface area contributed by atoms with E-state index in [9.17, 15) is 14.0 Å². The molecule has 1 amide bonds. The molecule has 0 radical (unpaired) electrons. The minimum absolute atomic E-state index is 0.00739. The van der Waals surface area contributed by atoms with Crippen molar-refractivity contribution in [3.8, 4) is 0 Å². The summed E-state index contributed by atoms with van der Waals surface area (Å²) >= 11 is 5.50. The van der Waals surface area contributed by atoms with E-state index in [0.29, 0.717) is 0 Å². The van der Waals surface area contributed by atoms with Gasteiger partial charge in [0, 0.05) is 5.69 Å². The number of carbonyl (C=O) groups excluding carboxylic acids is 1. The minimum atomic E-state index is -1.49. The number of rotatable bonds is 4. The molecule has 0 aliphatic carbocycles. The standard InChI is InChI=1S/C11H9ClFNO4/c1-2-3-18-11(17)14-6-4-7(10(15)16)9(13)8(12)5-6/h2,4-5H,1,3H2,(H,14,17)(H,15,16). The van der Waals surface area contributed by atoms with Gasteiger partial charge in [0.2, 0.25) is 0 Å². The van der Waals surface area contributed by atoms with E-state index < -0.39 is 28.5 Å². The van der Waals surface area contributed by atoms with Gasteiger partial charge >= 0.3 is 12.1 Å². The van der Waals surface area contributed by atoms with Crippen molar-refractivity contribution < 1.29 is 23.8 Å². The molecule has 1 aromatic carbocycles. The number of hydrogen-bond donors (Lipinski definition) is 2. The summed E-state index contributed by atoms with van der Waals surface area (Å²) in [5.41, 5.74) is -0.616. The van der Waals surface area contributed by atoms with E-state index in [0.717, 1.165) is 12.1 Å². The monoisotopic (exact) mass is 273 g/mol. The fourth-order valence-electron chi connectivity index (χ4n) is 1.11. The number of carboxylic acid groups (broad SMARTS) is 1. The van der Waals surface area contributed by atoms with E-state index in [1.807, 2.05) is 0 Å². The molecule has 0 spiro atoms. The lowest BCUT2D eigenvalue weighted by Gasteiger charge is -2.07. The number of nitrogens with one attached hydrogen (secondary N) is 1. The highest BCUT2D eigenvalue weighted by atomic mass is 35.5. The van der Waals surface area contributed by atoms with Gasteiger partial charge in [0.05, 0.1) is 10.6 Å². The zero-order chi connectivity index (χ0) is 13.7. The van der Waals surface area contributed by atoms with E-state index in [1.54, 1.807) is 0 Å². The van der Waals surface area contributed by atoms with Gasteiger partial charge < -0.3 is 9.84 Å². The maximum Gasteiger partial charge on any atom is 0.411 e. The summed E-state index contributed by atoms with van der Waals surface area (Å²) in [5, 5.41) is 10.5. The Balaban J connectivity index is 2.94. The highest BCUT2D eigenvalue weighted by Gasteiger charge is 2.16. The van der Waals surface area contributed by atoms with E-state index in [4.69, 9.17) is 16.7 Å². The summed E-state index contributed by atoms with van der Waals surface area (Å²) in [6.07, 6.45) is 0.536. The molecule has 96 valence electrons. The molecule has 5 nitrogen and oxygen atoms in total. The zero-order valence-corrected chi connectivity index (χ0v) is 9.83. The van der Waals surface area contributed by atoms with E-state index >= 15 is 0 Å². The molecule has 0 aliphatic heterocycles. The van der Waals surface area contributed by atoms with Gasteiger partial charge in [-0.25, -0.2) is 14.0 Å². The second-order valence-electron chi connectivity index (χ2n) is 3.14. The predicted octanol–water partition coefficient (Wildman–Crippen LogP) is 2.91. The first-order chi connectivity index (χ1) is 8.45. The number of carboxylic acids is 1. The number of carbonyl (C=O) groups is 2. The number of halogens is 2. The van der Waals surface area contributed by atoms with Crippen molar-refractivity contribution in [2.75, 3.05) is 11.9 Å². The molecule has 1 aromatic rings. The first-order valence-corrected chi connectivity index (χ1v) is 5.10. The van der Waals surface area contributed by atoms with Crippen molar-refractivity contribution in [3.63, 3.8) is 0 Å². The topological polar surface area (TPSA) is 75.6 Å². The molecule has 7 heteroatoms. The Morgan fingerprint density at radius 2 is 2.22 bits per heavy atom. The first-order valence-electron chi connectivity index (χ1n) is 4.72. The highest BCUT2D eigenvalue weighted by molar-refractivity contribution is 6.31. The van der Waals surface area contributed by atoms with Crippen molar-refractivity contribution in [1.29, 1.82) is 0 Å². The molecule has 1 rings (SSSR count). The molecule has 0 unspecified atom stereocenters. The van der Waals surface area contributed by atoms with Gasteiger partial charge in [0.15, 0.2) is 5.82 Å². The second-order valence-corrected chi connectivity index (χ2v) is 3.54. The Labute approximate surface area is 107 Å². The quantitative estimate of drug-likeness (QED) is 0.827. The SMILES string of the molecule is C=CCOC(=O)Nc1cc(Cl)c(F)c(C(=O)O)c1. The Morgan fingerprint density at radius 3 is 2.78 bits per heavy atom. The van der Waals surface area contributed by atoms with Gasteiger partial charge in [0.1, 0.15) is 6.61 Å². The Morgan fingerprint density at radius 1 is 1.56 bits per heavy atom. The van der Waals surface area contributed by atoms with Crippen LogP contribution in [0.5, 0.6) is 0 Å². The molecule has 0 saturated heterocycles. The van der Waals surface area contributed by atoms with Crippen molar-refractivity contribution in [3.05, 3.63) is 41.2 Å². The van der Waals surface area contributed by atoms with Gasteiger partial charge in [-0.15, -0.1) is 0 Å². The normalized spacial score (nSPS) is 9.67. The van der Waals surface area contributed by atoms with E-state index in [-0.39, 0.29) is 12.3 Å². The Kier molecular flexibility index (Phi) is 4.67. The third-order valence-electron chi connectivity index (χ3n) is 1.84. The van der Waals surface area contributed by atoms with Gasteiger partial charge in [0.25, 0.3) is 0 Å². The maximum atomic E-state index is 13.3. The van der Waals surface area contributed by atoms with E-state index in [2.05, 4.69) is 16.6 Å². The van der Waals surface area contributed by atoms with Crippen molar-refractivity contribution >= 4 is 29.4 Å². The van der Waals surface area contributed by atoms with E-state index in [1.165, 1.54) is 6.08 Å². The van der Waals surface area contributed by atoms with Crippen molar-refractivity contribution in [2.45, 2.75) is 0 Å². The maximum absolute atomic E-state index is 13.3. The molecule has 0 saturated carbocycles. The Hall–Kier alpha value is -2.08. The molecule has 0 aliphatic rings. The average molecular weight is 274 g/mol. The lowest BCUT2D eigenvalue weighted by Crippen LogP contribution is -2.14. The third-order valence-corrected chi connectivity index (χ3v) is 2.11. The summed E-state index contributed by atoms with van der Waals surface area (Å²) in [6.45, 7) is 3.34. The average Bonchev–Trinajstić information content (AvgIpc) is 2.30. The number of benzene rings is 1. The molecule has 0 aromatic heterocycles. The van der Waals surface area contributed by atoms with Crippen LogP contribution in [0.2, 0.25) is 5.02 Å². The van der Waals surface area contributed by atoms with Gasteiger partial charge in [-0.05, 0) is 12.1 Å². The van der Waals surface area contributed by atoms with Crippen LogP contribution in [0, 0.1) is 5.82 Å². The highest BCUT2D eigenvalue weighted by Crippen LogP contribution is 2.24. The number of ether oxygens (including phenoxy) is 1. The third kappa shape index (κ3) is 3.46. The largest absolute Gasteiger partial charge is 0.478 e. The zero-order valence-electron chi connectivity index (χ0n) is 9.07. The fraction of sp³-hybridized carbons (Fsp3) is 0.0909. The van der Waals surface area contributed by atoms with Crippen LogP contribution in [0.4, 0.5) is 14.9 Å². The van der Waals surface area contributed by atoms with Gasteiger partial charge in [-0.1, -0.05) is 24.3 Å². The van der Waals surface area contributed by atoms with Gasteiger partial charge in [-0.2, -0.15) is 0 Å². The van der Waals surface area contributed by atoms with Crippen molar-refractivity contribution in [2.24, 2.45) is 0 Å². The van der Waals surface area contributed by atoms with Crippen LogP contribution in [0.25, 0.3) is 0 Å². The molecule has 0 fully saturated rings. The summed E-state index contributed by atoms with van der Waals surface area (Å²) < 4.78 is 17.9. The lowest BCUT2D eigenvalue weighted by atomic mass is 10.2. The fourth-order valence-corrected chi connectivity index (χ4v) is 1.32. The van der Waals surface area contributed by atoms with Crippen LogP contribution < -0.4 is 5.32 Å². The van der Waals surface area contributed by atoms with Crippen LogP contribution in [0.1, 0.15) is 10.4 Å². The number of aromatic carboxylic acids is 1. The van der Waals surface area contributed by atoms with Crippen LogP contribution >= 0.6 is 11.6 Å². The molecule has 0 heterocycles. The summed E-state index contributed by atoms with van der Waals surface area (Å²) in [4.78, 5) is 21.9. The number of amides is 1. The van der Waals surface area contributed by atoms with Crippen LogP contribution in [0.15, 0.2) is 24.8 Å². The minimum Gasteiger partial charge on any atom is -0.478 e. The van der Waals surface area contributed by atoms with Gasteiger partial charge in [-0.3, -0.25) is 5.32 Å². The molecular weight excluding hydrogens is 265 g/mol. The summed E-state index contributed by atoms with van der Waals surface area (Å²) in [6, 6.07) is 2.03. The second kappa shape index (κ2) is 6.02. The Bertz CT molecular complexity index is 504. The van der Waals surface area contributed by atoms with Crippen molar-refractivity contribution in [1.82, 2.24) is 0 Å². The lowest BCUT2D eigenvalue weighted by molar-refractivity contribution is 0.0692. The molecule has 0 atom stereocenters. The van der Waals surface area contributed by atoms with Crippen LogP contribution in [-0.2, 0) is 4.74 Å². The summed E-state index contributed by atoms with van der Waals surface area (Å²) in [5.74, 6) is -2.55. The number of hydrogen-bond acceptors (Lipinski definition) is 3. The number of anilines is 1. The summed E-state index contributed by atoms with van der Waals surface area (Å²) in [7, 11) is 0. The van der Waals surface area contributed by atoms with Crippen LogP contribution in [-0.4, -0.2) is 23.8 Å². The van der Waals surface area contributed by atoms with Crippen LogP contribution in [0.3, 0.4) is 0 Å². The molecule has 2 N–H and O–H groups in total. The molecule has 0 bridgehead atoms.